The molecule has 0 saturated heterocycles. The number of fused-ring (bicyclic) bond motifs is 7. The van der Waals surface area contributed by atoms with Crippen molar-refractivity contribution < 1.29 is 5.11 Å². The van der Waals surface area contributed by atoms with E-state index in [1.165, 1.54) is 32.9 Å². The van der Waals surface area contributed by atoms with Gasteiger partial charge in [0, 0.05) is 38.4 Å². The maximum absolute atomic E-state index is 11.7. The van der Waals surface area contributed by atoms with Crippen LogP contribution >= 0.6 is 0 Å². The topological polar surface area (TPSA) is 68.8 Å². The molecular formula is C57H46B9N5O. The molecule has 0 radical (unpaired) electrons. The van der Waals surface area contributed by atoms with E-state index in [1.807, 2.05) is 32.1 Å². The first-order valence-electron chi connectivity index (χ1n) is 24.9. The van der Waals surface area contributed by atoms with Gasteiger partial charge in [0.25, 0.3) is 0 Å². The second-order valence-corrected chi connectivity index (χ2v) is 19.6. The Balaban J connectivity index is 1.24. The van der Waals surface area contributed by atoms with E-state index in [4.69, 9.17) is 15.0 Å². The van der Waals surface area contributed by atoms with Gasteiger partial charge < -0.3 is 9.67 Å². The second-order valence-electron chi connectivity index (χ2n) is 19.6. The van der Waals surface area contributed by atoms with Crippen molar-refractivity contribution in [3.05, 3.63) is 164 Å². The number of aromatic hydroxyl groups is 1. The third-order valence-electron chi connectivity index (χ3n) is 15.9. The van der Waals surface area contributed by atoms with Crippen LogP contribution in [-0.4, -0.2) is 99.8 Å². The van der Waals surface area contributed by atoms with E-state index in [2.05, 4.69) is 211 Å². The lowest BCUT2D eigenvalue weighted by molar-refractivity contribution is 0.484. The molecule has 0 aliphatic carbocycles. The zero-order valence-corrected chi connectivity index (χ0v) is 42.3. The quantitative estimate of drug-likeness (QED) is 0.197. The van der Waals surface area contributed by atoms with Gasteiger partial charge in [-0.2, -0.15) is 9.97 Å². The van der Waals surface area contributed by atoms with E-state index >= 15 is 0 Å². The highest BCUT2D eigenvalue weighted by molar-refractivity contribution is 6.69. The van der Waals surface area contributed by atoms with Gasteiger partial charge in [-0.1, -0.05) is 161 Å². The predicted molar refractivity (Wildman–Crippen MR) is 331 cm³/mol. The molecule has 0 aliphatic rings. The number of hydrogen-bond acceptors (Lipinski definition) is 4. The van der Waals surface area contributed by atoms with Gasteiger partial charge in [-0.3, -0.25) is 4.57 Å². The summed E-state index contributed by atoms with van der Waals surface area (Å²) in [6.45, 7) is 0. The smallest absolute Gasteiger partial charge is 0.238 e. The molecule has 9 aromatic carbocycles. The third kappa shape index (κ3) is 6.96. The third-order valence-corrected chi connectivity index (χ3v) is 15.9. The Kier molecular flexibility index (Phi) is 10.9. The number of hydrogen-bond donors (Lipinski definition) is 1. The Morgan fingerprint density at radius 1 is 0.333 bits per heavy atom. The van der Waals surface area contributed by atoms with Crippen molar-refractivity contribution in [2.45, 2.75) is 0 Å². The van der Waals surface area contributed by atoms with Gasteiger partial charge >= 0.3 is 0 Å². The zero-order chi connectivity index (χ0) is 49.7. The molecule has 1 N–H and O–H groups in total. The first kappa shape index (κ1) is 45.1. The first-order chi connectivity index (χ1) is 34.9. The molecule has 0 saturated carbocycles. The summed E-state index contributed by atoms with van der Waals surface area (Å²) in [5, 5.41) is 16.2. The molecule has 15 heteroatoms. The van der Waals surface area contributed by atoms with E-state index in [0.29, 0.717) is 23.3 Å². The highest BCUT2D eigenvalue weighted by Crippen LogP contribution is 2.43. The average Bonchev–Trinajstić information content (AvgIpc) is 3.94. The van der Waals surface area contributed by atoms with Crippen molar-refractivity contribution in [1.82, 2.24) is 24.1 Å². The fourth-order valence-corrected chi connectivity index (χ4v) is 11.5. The molecule has 0 amide bonds. The second kappa shape index (κ2) is 17.4. The molecule has 12 aromatic rings. The number of phenolic OH excluding ortho intramolecular Hbond substituents is 1. The maximum atomic E-state index is 11.7. The van der Waals surface area contributed by atoms with Crippen LogP contribution in [0.25, 0.3) is 111 Å². The molecule has 72 heavy (non-hydrogen) atoms. The normalized spacial score (nSPS) is 11.6. The van der Waals surface area contributed by atoms with Gasteiger partial charge in [0.15, 0.2) is 11.6 Å². The number of benzene rings is 9. The van der Waals surface area contributed by atoms with Gasteiger partial charge in [-0.15, -0.1) is 16.4 Å². The summed E-state index contributed by atoms with van der Waals surface area (Å²) < 4.78 is 4.73. The lowest BCUT2D eigenvalue weighted by Gasteiger charge is -2.24. The van der Waals surface area contributed by atoms with Crippen LogP contribution in [0.5, 0.6) is 5.75 Å². The molecule has 0 bridgehead atoms. The number of rotatable bonds is 7. The summed E-state index contributed by atoms with van der Waals surface area (Å²) in [4.78, 5) is 16.2. The Labute approximate surface area is 427 Å². The van der Waals surface area contributed by atoms with Crippen LogP contribution in [0.1, 0.15) is 0 Å². The van der Waals surface area contributed by atoms with Crippen molar-refractivity contribution in [3.8, 4) is 73.5 Å². The van der Waals surface area contributed by atoms with Gasteiger partial charge in [-0.25, -0.2) is 4.98 Å². The summed E-state index contributed by atoms with van der Waals surface area (Å²) >= 11 is 0. The molecule has 332 valence electrons. The fraction of sp³-hybridized carbons (Fsp3) is 0. The van der Waals surface area contributed by atoms with Crippen LogP contribution in [0.3, 0.4) is 0 Å². The van der Waals surface area contributed by atoms with E-state index in [-0.39, 0.29) is 0 Å². The van der Waals surface area contributed by atoms with Crippen LogP contribution in [-0.2, 0) is 0 Å². The van der Waals surface area contributed by atoms with Gasteiger partial charge in [0.2, 0.25) is 5.95 Å². The molecule has 0 spiro atoms. The monoisotopic (exact) mass is 915 g/mol. The molecule has 3 aromatic heterocycles. The van der Waals surface area contributed by atoms with Gasteiger partial charge in [0.05, 0.1) is 22.1 Å². The minimum absolute atomic E-state index is 0.343. The molecule has 0 fully saturated rings. The zero-order valence-electron chi connectivity index (χ0n) is 42.3. The van der Waals surface area contributed by atoms with Crippen LogP contribution in [0.2, 0.25) is 0 Å². The van der Waals surface area contributed by atoms with E-state index < -0.39 is 0 Å². The predicted octanol–water partition coefficient (Wildman–Crippen LogP) is -1.57. The van der Waals surface area contributed by atoms with Crippen molar-refractivity contribution in [3.63, 3.8) is 0 Å². The number of nitrogens with zero attached hydrogens (tertiary/aromatic N) is 5. The highest BCUT2D eigenvalue weighted by Gasteiger charge is 2.26. The number of phenols is 1. The highest BCUT2D eigenvalue weighted by atomic mass is 16.3. The molecule has 0 aliphatic heterocycles. The summed E-state index contributed by atoms with van der Waals surface area (Å²) in [6, 6.07) is 58.1. The van der Waals surface area contributed by atoms with Gasteiger partial charge in [0.1, 0.15) is 76.4 Å². The van der Waals surface area contributed by atoms with E-state index in [1.54, 1.807) is 0 Å². The van der Waals surface area contributed by atoms with Crippen molar-refractivity contribution in [1.29, 1.82) is 0 Å². The van der Waals surface area contributed by atoms with E-state index in [0.717, 1.165) is 110 Å². The standard InChI is InChI=1S/C57H46B9N5O/c58-43-41(44(59)48(63)50(65)47(43)62)30-25-31(42-45(60)49(64)51(66)54(72)46(42)61)27-32(26-30)70-39-21-11-9-18-34(39)36-23-24-37-35-19-10-12-22-40(35)71(53(37)52(36)70)57-68-55(29-15-5-2-6-16-29)67-56(69-57)38-20-8-7-17-33(38)28-13-3-1-4-14-28/h1-27,72H,58-66H2. The Bertz CT molecular complexity index is 4090. The molecule has 0 atom stereocenters. The van der Waals surface area contributed by atoms with Gasteiger partial charge in [-0.05, 0) is 69.2 Å². The fourth-order valence-electron chi connectivity index (χ4n) is 11.5. The molecule has 6 nitrogen and oxygen atoms in total. The molecule has 0 unspecified atom stereocenters. The van der Waals surface area contributed by atoms with Crippen LogP contribution in [0.4, 0.5) is 0 Å². The summed E-state index contributed by atoms with van der Waals surface area (Å²) in [6.07, 6.45) is 0. The van der Waals surface area contributed by atoms with Crippen LogP contribution < -0.4 is 49.2 Å². The Hall–Kier alpha value is -8.03. The van der Waals surface area contributed by atoms with Crippen molar-refractivity contribution in [2.75, 3.05) is 0 Å². The van der Waals surface area contributed by atoms with Crippen molar-refractivity contribution in [2.24, 2.45) is 0 Å². The summed E-state index contributed by atoms with van der Waals surface area (Å²) in [5.74, 6) is 2.05. The molecule has 3 heterocycles. The largest absolute Gasteiger partial charge is 0.509 e. The first-order valence-corrected chi connectivity index (χ1v) is 24.9. The van der Waals surface area contributed by atoms with Crippen LogP contribution in [0.15, 0.2) is 164 Å². The van der Waals surface area contributed by atoms with Crippen molar-refractivity contribution >= 4 is 163 Å². The molecule has 12 rings (SSSR count). The Morgan fingerprint density at radius 3 is 1.38 bits per heavy atom. The summed E-state index contributed by atoms with van der Waals surface area (Å²) in [7, 11) is 19.7. The van der Waals surface area contributed by atoms with E-state index in [9.17, 15) is 5.11 Å². The maximum Gasteiger partial charge on any atom is 0.238 e. The minimum Gasteiger partial charge on any atom is -0.509 e. The molecular weight excluding hydrogens is 868 g/mol. The van der Waals surface area contributed by atoms with Crippen LogP contribution in [0, 0.1) is 0 Å². The average molecular weight is 914 g/mol. The summed E-state index contributed by atoms with van der Waals surface area (Å²) in [5.41, 5.74) is 24.1. The SMILES string of the molecule is Bc1c(B)c(B)c(-c2cc(-c3c(B)c(B)c(B)c(O)c3B)cc(-n3c4ccccc4c4ccc5c6ccccc6n(-c6nc(-c7ccccc7)nc(-c7ccccc7-c7ccccc7)n6)c5c43)c2)c(B)c1B. The minimum atomic E-state index is 0.343. The Morgan fingerprint density at radius 2 is 0.778 bits per heavy atom. The number of aromatic nitrogens is 5. The number of para-hydroxylation sites is 2. The lowest BCUT2D eigenvalue weighted by atomic mass is 9.59. The lowest BCUT2D eigenvalue weighted by Crippen LogP contribution is -2.55.